The molecule has 0 radical (unpaired) electrons. The summed E-state index contributed by atoms with van der Waals surface area (Å²) in [4.78, 5) is 17.6. The van der Waals surface area contributed by atoms with E-state index in [1.807, 2.05) is 30.5 Å². The molecule has 1 fully saturated rings. The lowest BCUT2D eigenvalue weighted by molar-refractivity contribution is 0.102. The smallest absolute Gasteiger partial charge is 0.277 e. The zero-order chi connectivity index (χ0) is 14.7. The number of anilines is 1. The van der Waals surface area contributed by atoms with Crippen LogP contribution >= 0.6 is 11.8 Å². The second kappa shape index (κ2) is 6.32. The van der Waals surface area contributed by atoms with Crippen LogP contribution in [-0.4, -0.2) is 23.7 Å². The molecule has 1 aliphatic rings. The Kier molecular flexibility index (Phi) is 4.26. The van der Waals surface area contributed by atoms with Crippen LogP contribution in [0.5, 0.6) is 0 Å². The highest BCUT2D eigenvalue weighted by Crippen LogP contribution is 2.23. The highest BCUT2D eigenvalue weighted by atomic mass is 32.2. The number of benzene rings is 1. The summed E-state index contributed by atoms with van der Waals surface area (Å²) in [5, 5.41) is 6.12. The van der Waals surface area contributed by atoms with Gasteiger partial charge < -0.3 is 15.1 Å². The molecule has 1 atom stereocenters. The molecule has 1 unspecified atom stereocenters. The summed E-state index contributed by atoms with van der Waals surface area (Å²) in [6, 6.07) is 7.83. The first-order valence-electron chi connectivity index (χ1n) is 6.90. The molecule has 2 N–H and O–H groups in total. The number of aromatic nitrogens is 1. The Morgan fingerprint density at radius 3 is 2.90 bits per heavy atom. The average molecular weight is 303 g/mol. The third-order valence-electron chi connectivity index (χ3n) is 3.46. The van der Waals surface area contributed by atoms with Gasteiger partial charge in [0.1, 0.15) is 6.26 Å². The maximum Gasteiger partial charge on any atom is 0.277 e. The van der Waals surface area contributed by atoms with Gasteiger partial charge in [0.15, 0.2) is 5.69 Å². The lowest BCUT2D eigenvalue weighted by Gasteiger charge is -2.04. The average Bonchev–Trinajstić information content (AvgIpc) is 3.19. The molecule has 0 spiro atoms. The molecule has 0 aliphatic carbocycles. The molecule has 1 saturated heterocycles. The number of amides is 1. The largest absolute Gasteiger partial charge is 0.446 e. The van der Waals surface area contributed by atoms with Crippen LogP contribution in [-0.2, 0) is 0 Å². The van der Waals surface area contributed by atoms with Gasteiger partial charge in [-0.2, -0.15) is 0 Å². The Morgan fingerprint density at radius 2 is 2.24 bits per heavy atom. The van der Waals surface area contributed by atoms with Crippen LogP contribution in [0.1, 0.15) is 35.3 Å². The van der Waals surface area contributed by atoms with Crippen molar-refractivity contribution in [2.45, 2.75) is 23.8 Å². The number of carbonyl (C=O) groups is 1. The molecule has 3 rings (SSSR count). The molecule has 1 amide bonds. The number of hydrogen-bond acceptors (Lipinski definition) is 5. The van der Waals surface area contributed by atoms with Gasteiger partial charge in [-0.25, -0.2) is 4.98 Å². The fourth-order valence-corrected chi connectivity index (χ4v) is 2.73. The summed E-state index contributed by atoms with van der Waals surface area (Å²) in [7, 11) is 0. The molecule has 110 valence electrons. The number of nitrogens with zero attached hydrogens (tertiary/aromatic N) is 1. The van der Waals surface area contributed by atoms with Gasteiger partial charge in [-0.05, 0) is 49.9 Å². The van der Waals surface area contributed by atoms with Crippen LogP contribution in [0.2, 0.25) is 0 Å². The number of rotatable bonds is 4. The maximum atomic E-state index is 12.1. The minimum atomic E-state index is -0.250. The second-order valence-corrected chi connectivity index (χ2v) is 5.78. The van der Waals surface area contributed by atoms with Crippen LogP contribution in [0.25, 0.3) is 0 Å². The van der Waals surface area contributed by atoms with Crippen molar-refractivity contribution in [2.24, 2.45) is 0 Å². The number of thioether (sulfide) groups is 1. The van der Waals surface area contributed by atoms with Crippen molar-refractivity contribution in [2.75, 3.05) is 18.1 Å². The maximum absolute atomic E-state index is 12.1. The van der Waals surface area contributed by atoms with Crippen molar-refractivity contribution in [1.82, 2.24) is 10.3 Å². The molecule has 1 aliphatic heterocycles. The van der Waals surface area contributed by atoms with Gasteiger partial charge in [-0.15, -0.1) is 11.8 Å². The number of nitrogens with one attached hydrogen (secondary N) is 2. The Morgan fingerprint density at radius 1 is 1.43 bits per heavy atom. The highest BCUT2D eigenvalue weighted by molar-refractivity contribution is 7.98. The monoisotopic (exact) mass is 303 g/mol. The van der Waals surface area contributed by atoms with Gasteiger partial charge in [0.25, 0.3) is 5.91 Å². The molecule has 6 heteroatoms. The van der Waals surface area contributed by atoms with E-state index in [0.717, 1.165) is 30.0 Å². The van der Waals surface area contributed by atoms with Gasteiger partial charge in [-0.1, -0.05) is 0 Å². The predicted molar refractivity (Wildman–Crippen MR) is 82.7 cm³/mol. The molecule has 5 nitrogen and oxygen atoms in total. The molecule has 0 bridgehead atoms. The fraction of sp³-hybridized carbons (Fsp3) is 0.333. The quantitative estimate of drug-likeness (QED) is 0.850. The summed E-state index contributed by atoms with van der Waals surface area (Å²) < 4.78 is 5.41. The zero-order valence-corrected chi connectivity index (χ0v) is 12.6. The number of carbonyl (C=O) groups excluding carboxylic acids is 1. The van der Waals surface area contributed by atoms with Gasteiger partial charge in [0.05, 0.1) is 6.04 Å². The van der Waals surface area contributed by atoms with Crippen LogP contribution in [0.4, 0.5) is 5.69 Å². The highest BCUT2D eigenvalue weighted by Gasteiger charge is 2.22. The Bertz CT molecular complexity index is 618. The predicted octanol–water partition coefficient (Wildman–Crippen LogP) is 3.07. The Hall–Kier alpha value is -1.79. The van der Waals surface area contributed by atoms with Crippen molar-refractivity contribution in [1.29, 1.82) is 0 Å². The summed E-state index contributed by atoms with van der Waals surface area (Å²) in [6.45, 7) is 0.969. The van der Waals surface area contributed by atoms with Crippen LogP contribution in [0.15, 0.2) is 39.8 Å². The third kappa shape index (κ3) is 3.28. The second-order valence-electron chi connectivity index (χ2n) is 4.90. The van der Waals surface area contributed by atoms with E-state index in [1.54, 1.807) is 11.8 Å². The van der Waals surface area contributed by atoms with E-state index in [1.165, 1.54) is 6.26 Å². The molecule has 2 aromatic rings. The van der Waals surface area contributed by atoms with Crippen molar-refractivity contribution in [3.05, 3.63) is 42.1 Å². The van der Waals surface area contributed by atoms with Crippen molar-refractivity contribution >= 4 is 23.4 Å². The lowest BCUT2D eigenvalue weighted by atomic mass is 10.2. The molecular formula is C15H17N3O2S. The van der Waals surface area contributed by atoms with Gasteiger partial charge in [-0.3, -0.25) is 4.79 Å². The van der Waals surface area contributed by atoms with E-state index in [4.69, 9.17) is 4.42 Å². The van der Waals surface area contributed by atoms with Crippen molar-refractivity contribution in [3.8, 4) is 0 Å². The first-order chi connectivity index (χ1) is 10.3. The topological polar surface area (TPSA) is 67.2 Å². The van der Waals surface area contributed by atoms with E-state index < -0.39 is 0 Å². The Labute approximate surface area is 127 Å². The minimum Gasteiger partial charge on any atom is -0.446 e. The zero-order valence-electron chi connectivity index (χ0n) is 11.8. The van der Waals surface area contributed by atoms with Crippen LogP contribution in [0.3, 0.4) is 0 Å². The van der Waals surface area contributed by atoms with E-state index in [9.17, 15) is 4.79 Å². The van der Waals surface area contributed by atoms with Crippen molar-refractivity contribution in [3.63, 3.8) is 0 Å². The van der Waals surface area contributed by atoms with E-state index in [-0.39, 0.29) is 11.9 Å². The summed E-state index contributed by atoms with van der Waals surface area (Å²) in [6.07, 6.45) is 5.54. The molecule has 1 aromatic carbocycles. The van der Waals surface area contributed by atoms with Gasteiger partial charge >= 0.3 is 0 Å². The van der Waals surface area contributed by atoms with Crippen LogP contribution < -0.4 is 10.6 Å². The number of oxazole rings is 1. The van der Waals surface area contributed by atoms with Gasteiger partial charge in [0, 0.05) is 10.6 Å². The summed E-state index contributed by atoms with van der Waals surface area (Å²) >= 11 is 1.66. The first kappa shape index (κ1) is 14.2. The molecule has 21 heavy (non-hydrogen) atoms. The summed E-state index contributed by atoms with van der Waals surface area (Å²) in [5.41, 5.74) is 1.06. The fourth-order valence-electron chi connectivity index (χ4n) is 2.32. The molecule has 2 heterocycles. The van der Waals surface area contributed by atoms with E-state index in [2.05, 4.69) is 15.6 Å². The van der Waals surface area contributed by atoms with Crippen molar-refractivity contribution < 1.29 is 9.21 Å². The number of hydrogen-bond donors (Lipinski definition) is 2. The normalized spacial score (nSPS) is 17.9. The molecule has 1 aromatic heterocycles. The standard InChI is InChI=1S/C15H17N3O2S/c1-21-11-6-4-10(5-7-11)17-14(19)13-9-20-15(18-13)12-3-2-8-16-12/h4-7,9,12,16H,2-3,8H2,1H3,(H,17,19). The summed E-state index contributed by atoms with van der Waals surface area (Å²) in [5.74, 6) is 0.343. The van der Waals surface area contributed by atoms with Gasteiger partial charge in [0.2, 0.25) is 5.89 Å². The van der Waals surface area contributed by atoms with E-state index >= 15 is 0 Å². The van der Waals surface area contributed by atoms with E-state index in [0.29, 0.717) is 11.6 Å². The van der Waals surface area contributed by atoms with Crippen LogP contribution in [0, 0.1) is 0 Å². The Balaban J connectivity index is 1.67. The molecular weight excluding hydrogens is 286 g/mol. The third-order valence-corrected chi connectivity index (χ3v) is 4.20. The first-order valence-corrected chi connectivity index (χ1v) is 8.13. The molecule has 0 saturated carbocycles. The SMILES string of the molecule is CSc1ccc(NC(=O)c2coc(C3CCCN3)n2)cc1. The lowest BCUT2D eigenvalue weighted by Crippen LogP contribution is -2.15. The minimum absolute atomic E-state index is 0.132.